The van der Waals surface area contributed by atoms with E-state index in [0.29, 0.717) is 12.3 Å². The lowest BCUT2D eigenvalue weighted by molar-refractivity contribution is 0.473. The van der Waals surface area contributed by atoms with Crippen molar-refractivity contribution >= 4 is 31.9 Å². The number of benzene rings is 1. The lowest BCUT2D eigenvalue weighted by atomic mass is 10.1. The van der Waals surface area contributed by atoms with Crippen molar-refractivity contribution in [1.82, 2.24) is 4.98 Å². The highest BCUT2D eigenvalue weighted by Crippen LogP contribution is 2.29. The van der Waals surface area contributed by atoms with Crippen LogP contribution in [0.25, 0.3) is 0 Å². The molecule has 0 fully saturated rings. The molecule has 1 aromatic carbocycles. The Morgan fingerprint density at radius 1 is 1.11 bits per heavy atom. The molecule has 0 atom stereocenters. The van der Waals surface area contributed by atoms with Gasteiger partial charge in [-0.25, -0.2) is 0 Å². The van der Waals surface area contributed by atoms with E-state index < -0.39 is 0 Å². The number of rotatable bonds is 4. The summed E-state index contributed by atoms with van der Waals surface area (Å²) in [5.74, 6) is 1.51. The van der Waals surface area contributed by atoms with Gasteiger partial charge in [-0.1, -0.05) is 15.9 Å². The van der Waals surface area contributed by atoms with E-state index >= 15 is 0 Å². The molecule has 0 bridgehead atoms. The summed E-state index contributed by atoms with van der Waals surface area (Å²) in [6.45, 7) is 0.587. The molecule has 2 aromatic rings. The maximum Gasteiger partial charge on any atom is 0.146 e. The third-order valence-corrected chi connectivity index (χ3v) is 3.27. The summed E-state index contributed by atoms with van der Waals surface area (Å²) in [6, 6.07) is 7.77. The number of hydrogen-bond acceptors (Lipinski definition) is 3. The molecule has 0 amide bonds. The molecule has 2 N–H and O–H groups in total. The number of nitrogens with zero attached hydrogens (tertiary/aromatic N) is 1. The van der Waals surface area contributed by atoms with E-state index in [1.54, 1.807) is 12.4 Å². The van der Waals surface area contributed by atoms with Gasteiger partial charge in [0.1, 0.15) is 11.5 Å². The summed E-state index contributed by atoms with van der Waals surface area (Å²) in [5.41, 5.74) is 6.68. The molecule has 3 nitrogen and oxygen atoms in total. The van der Waals surface area contributed by atoms with Gasteiger partial charge in [-0.3, -0.25) is 4.98 Å². The third kappa shape index (κ3) is 3.54. The van der Waals surface area contributed by atoms with E-state index in [1.165, 1.54) is 0 Å². The Bertz CT molecular complexity index is 546. The van der Waals surface area contributed by atoms with E-state index in [-0.39, 0.29) is 0 Å². The molecule has 0 aliphatic heterocycles. The number of pyridine rings is 1. The molecule has 18 heavy (non-hydrogen) atoms. The number of ether oxygens (including phenoxy) is 1. The van der Waals surface area contributed by atoms with Crippen LogP contribution in [0.3, 0.4) is 0 Å². The fourth-order valence-corrected chi connectivity index (χ4v) is 2.33. The first kappa shape index (κ1) is 13.5. The quantitative estimate of drug-likeness (QED) is 0.886. The van der Waals surface area contributed by atoms with Gasteiger partial charge in [0.15, 0.2) is 0 Å². The van der Waals surface area contributed by atoms with Crippen molar-refractivity contribution in [3.63, 3.8) is 0 Å². The number of nitrogens with two attached hydrogens (primary N) is 1. The molecule has 0 unspecified atom stereocenters. The standard InChI is InChI=1S/C13H12Br2N2O/c14-10-1-2-13(9(5-10)3-4-16)18-12-6-11(15)7-17-8-12/h1-2,5-8H,3-4,16H2. The third-order valence-electron chi connectivity index (χ3n) is 2.34. The van der Waals surface area contributed by atoms with Gasteiger partial charge in [0.25, 0.3) is 0 Å². The zero-order valence-electron chi connectivity index (χ0n) is 9.57. The second-order valence-electron chi connectivity index (χ2n) is 3.73. The molecule has 0 saturated heterocycles. The van der Waals surface area contributed by atoms with Gasteiger partial charge in [-0.05, 0) is 58.7 Å². The number of halogens is 2. The van der Waals surface area contributed by atoms with E-state index in [9.17, 15) is 0 Å². The summed E-state index contributed by atoms with van der Waals surface area (Å²) in [6.07, 6.45) is 4.17. The second-order valence-corrected chi connectivity index (χ2v) is 5.56. The van der Waals surface area contributed by atoms with Crippen molar-refractivity contribution < 1.29 is 4.74 Å². The summed E-state index contributed by atoms with van der Waals surface area (Å²) >= 11 is 6.81. The summed E-state index contributed by atoms with van der Waals surface area (Å²) in [5, 5.41) is 0. The molecule has 1 heterocycles. The average molecular weight is 372 g/mol. The maximum absolute atomic E-state index is 5.83. The Balaban J connectivity index is 2.28. The van der Waals surface area contributed by atoms with Gasteiger partial charge in [-0.15, -0.1) is 0 Å². The van der Waals surface area contributed by atoms with Crippen LogP contribution in [0.4, 0.5) is 0 Å². The van der Waals surface area contributed by atoms with Crippen molar-refractivity contribution in [3.8, 4) is 11.5 Å². The van der Waals surface area contributed by atoms with Gasteiger partial charge in [0, 0.05) is 15.1 Å². The highest BCUT2D eigenvalue weighted by Gasteiger charge is 2.06. The molecule has 0 spiro atoms. The van der Waals surface area contributed by atoms with E-state index in [1.807, 2.05) is 24.3 Å². The molecular formula is C13H12Br2N2O. The smallest absolute Gasteiger partial charge is 0.146 e. The largest absolute Gasteiger partial charge is 0.455 e. The SMILES string of the molecule is NCCc1cc(Br)ccc1Oc1cncc(Br)c1. The highest BCUT2D eigenvalue weighted by molar-refractivity contribution is 9.10. The summed E-state index contributed by atoms with van der Waals surface area (Å²) < 4.78 is 7.73. The minimum Gasteiger partial charge on any atom is -0.455 e. The zero-order valence-corrected chi connectivity index (χ0v) is 12.7. The van der Waals surface area contributed by atoms with Crippen LogP contribution >= 0.6 is 31.9 Å². The van der Waals surface area contributed by atoms with Gasteiger partial charge in [-0.2, -0.15) is 0 Å². The van der Waals surface area contributed by atoms with Crippen molar-refractivity contribution in [1.29, 1.82) is 0 Å². The van der Waals surface area contributed by atoms with E-state index in [4.69, 9.17) is 10.5 Å². The Morgan fingerprint density at radius 3 is 2.67 bits per heavy atom. The fraction of sp³-hybridized carbons (Fsp3) is 0.154. The Labute approximate surface area is 123 Å². The van der Waals surface area contributed by atoms with Crippen LogP contribution in [0, 0.1) is 0 Å². The second kappa shape index (κ2) is 6.31. The first-order valence-corrected chi connectivity index (χ1v) is 7.04. The lowest BCUT2D eigenvalue weighted by Crippen LogP contribution is -2.04. The van der Waals surface area contributed by atoms with Gasteiger partial charge < -0.3 is 10.5 Å². The molecule has 0 saturated carbocycles. The minimum absolute atomic E-state index is 0.587. The molecule has 0 aliphatic rings. The molecule has 5 heteroatoms. The van der Waals surface area contributed by atoms with Crippen LogP contribution in [0.5, 0.6) is 11.5 Å². The van der Waals surface area contributed by atoms with Crippen molar-refractivity contribution in [3.05, 3.63) is 51.2 Å². The maximum atomic E-state index is 5.83. The Hall–Kier alpha value is -0.910. The molecule has 2 rings (SSSR count). The van der Waals surface area contributed by atoms with Crippen molar-refractivity contribution in [2.75, 3.05) is 6.54 Å². The monoisotopic (exact) mass is 370 g/mol. The van der Waals surface area contributed by atoms with Crippen LogP contribution in [0.1, 0.15) is 5.56 Å². The predicted molar refractivity (Wildman–Crippen MR) is 78.9 cm³/mol. The molecular weight excluding hydrogens is 360 g/mol. The van der Waals surface area contributed by atoms with Gasteiger partial charge in [0.2, 0.25) is 0 Å². The first-order valence-electron chi connectivity index (χ1n) is 5.46. The molecule has 0 radical (unpaired) electrons. The number of aromatic nitrogens is 1. The summed E-state index contributed by atoms with van der Waals surface area (Å²) in [4.78, 5) is 4.07. The van der Waals surface area contributed by atoms with Crippen LogP contribution in [-0.2, 0) is 6.42 Å². The molecule has 1 aromatic heterocycles. The summed E-state index contributed by atoms with van der Waals surface area (Å²) in [7, 11) is 0. The van der Waals surface area contributed by atoms with Gasteiger partial charge in [0.05, 0.1) is 6.20 Å². The van der Waals surface area contributed by atoms with Crippen molar-refractivity contribution in [2.45, 2.75) is 6.42 Å². The molecule has 0 aliphatic carbocycles. The van der Waals surface area contributed by atoms with Gasteiger partial charge >= 0.3 is 0 Å². The fourth-order valence-electron chi connectivity index (χ4n) is 1.57. The normalized spacial score (nSPS) is 10.4. The first-order chi connectivity index (χ1) is 8.69. The van der Waals surface area contributed by atoms with E-state index in [0.717, 1.165) is 26.7 Å². The number of hydrogen-bond donors (Lipinski definition) is 1. The minimum atomic E-state index is 0.587. The van der Waals surface area contributed by atoms with Crippen LogP contribution in [0.2, 0.25) is 0 Å². The highest BCUT2D eigenvalue weighted by atomic mass is 79.9. The Kier molecular flexibility index (Phi) is 4.74. The van der Waals surface area contributed by atoms with Crippen LogP contribution in [-0.4, -0.2) is 11.5 Å². The average Bonchev–Trinajstić information content (AvgIpc) is 2.33. The van der Waals surface area contributed by atoms with Crippen LogP contribution < -0.4 is 10.5 Å². The van der Waals surface area contributed by atoms with Crippen molar-refractivity contribution in [2.24, 2.45) is 5.73 Å². The predicted octanol–water partition coefficient (Wildman–Crippen LogP) is 3.90. The lowest BCUT2D eigenvalue weighted by Gasteiger charge is -2.11. The zero-order chi connectivity index (χ0) is 13.0. The molecule has 94 valence electrons. The Morgan fingerprint density at radius 2 is 1.94 bits per heavy atom. The topological polar surface area (TPSA) is 48.1 Å². The van der Waals surface area contributed by atoms with Crippen LogP contribution in [0.15, 0.2) is 45.6 Å². The van der Waals surface area contributed by atoms with E-state index in [2.05, 4.69) is 36.8 Å².